The maximum absolute atomic E-state index is 14.5. The Morgan fingerprint density at radius 2 is 1.90 bits per heavy atom. The number of pyridine rings is 1. The Labute approximate surface area is 172 Å². The van der Waals surface area contributed by atoms with Crippen molar-refractivity contribution in [2.45, 2.75) is 6.92 Å². The summed E-state index contributed by atoms with van der Waals surface area (Å²) in [5, 5.41) is 0.741. The molecule has 1 aliphatic carbocycles. The van der Waals surface area contributed by atoms with Crippen molar-refractivity contribution in [2.24, 2.45) is 5.92 Å². The van der Waals surface area contributed by atoms with Gasteiger partial charge in [-0.1, -0.05) is 42.0 Å². The Morgan fingerprint density at radius 3 is 2.62 bits per heavy atom. The second kappa shape index (κ2) is 7.80. The lowest BCUT2D eigenvalue weighted by molar-refractivity contribution is 0.419. The van der Waals surface area contributed by atoms with Gasteiger partial charge in [0.1, 0.15) is 17.4 Å². The first-order chi connectivity index (χ1) is 14.0. The normalized spacial score (nSPS) is 14.5. The number of hydrogen-bond acceptors (Lipinski definition) is 2. The first-order valence-corrected chi connectivity index (χ1v) is 9.51. The van der Waals surface area contributed by atoms with Crippen LogP contribution in [0.3, 0.4) is 0 Å². The first kappa shape index (κ1) is 19.3. The van der Waals surface area contributed by atoms with Crippen molar-refractivity contribution in [3.8, 4) is 5.75 Å². The molecule has 0 N–H and O–H groups in total. The van der Waals surface area contributed by atoms with Crippen LogP contribution in [-0.2, 0) is 0 Å². The van der Waals surface area contributed by atoms with E-state index in [1.807, 2.05) is 30.4 Å². The lowest BCUT2D eigenvalue weighted by atomic mass is 9.93. The molecule has 1 aromatic heterocycles. The maximum atomic E-state index is 14.5. The summed E-state index contributed by atoms with van der Waals surface area (Å²) >= 11 is 5.92. The highest BCUT2D eigenvalue weighted by molar-refractivity contribution is 6.31. The molecule has 0 saturated carbocycles. The molecule has 0 fully saturated rings. The van der Waals surface area contributed by atoms with E-state index in [2.05, 4.69) is 17.1 Å². The van der Waals surface area contributed by atoms with Gasteiger partial charge < -0.3 is 4.74 Å². The topological polar surface area (TPSA) is 22.1 Å². The van der Waals surface area contributed by atoms with Crippen LogP contribution in [0.15, 0.2) is 66.9 Å². The molecular formula is C24H18ClF2NO. The van der Waals surface area contributed by atoms with E-state index in [9.17, 15) is 8.78 Å². The predicted octanol–water partition coefficient (Wildman–Crippen LogP) is 6.85. The molecule has 0 bridgehead atoms. The Bertz CT molecular complexity index is 1190. The van der Waals surface area contributed by atoms with Crippen molar-refractivity contribution >= 4 is 33.7 Å². The largest absolute Gasteiger partial charge is 0.496 e. The van der Waals surface area contributed by atoms with E-state index in [0.717, 1.165) is 28.1 Å². The van der Waals surface area contributed by atoms with Gasteiger partial charge in [-0.15, -0.1) is 0 Å². The van der Waals surface area contributed by atoms with E-state index in [-0.39, 0.29) is 10.6 Å². The Kier molecular flexibility index (Phi) is 5.20. The summed E-state index contributed by atoms with van der Waals surface area (Å²) in [6.07, 6.45) is 9.81. The summed E-state index contributed by atoms with van der Waals surface area (Å²) in [5.41, 5.74) is 3.40. The van der Waals surface area contributed by atoms with E-state index >= 15 is 0 Å². The fourth-order valence-electron chi connectivity index (χ4n) is 3.26. The van der Waals surface area contributed by atoms with E-state index in [1.54, 1.807) is 26.3 Å². The molecule has 29 heavy (non-hydrogen) atoms. The van der Waals surface area contributed by atoms with Gasteiger partial charge >= 0.3 is 0 Å². The number of halogens is 3. The van der Waals surface area contributed by atoms with Crippen LogP contribution in [0.5, 0.6) is 5.75 Å². The van der Waals surface area contributed by atoms with Gasteiger partial charge in [0.05, 0.1) is 17.6 Å². The van der Waals surface area contributed by atoms with Gasteiger partial charge in [-0.25, -0.2) is 8.78 Å². The highest BCUT2D eigenvalue weighted by atomic mass is 35.5. The zero-order valence-electron chi connectivity index (χ0n) is 15.9. The van der Waals surface area contributed by atoms with Crippen molar-refractivity contribution in [3.05, 3.63) is 94.7 Å². The number of rotatable bonds is 5. The van der Waals surface area contributed by atoms with E-state index < -0.39 is 11.6 Å². The van der Waals surface area contributed by atoms with Gasteiger partial charge in [-0.2, -0.15) is 0 Å². The molecule has 4 rings (SSSR count). The molecule has 1 heterocycles. The second-order valence-corrected chi connectivity index (χ2v) is 7.26. The van der Waals surface area contributed by atoms with Crippen molar-refractivity contribution < 1.29 is 13.5 Å². The zero-order valence-corrected chi connectivity index (χ0v) is 16.7. The zero-order chi connectivity index (χ0) is 20.5. The minimum atomic E-state index is -0.776. The van der Waals surface area contributed by atoms with Gasteiger partial charge in [0.15, 0.2) is 0 Å². The van der Waals surface area contributed by atoms with Crippen LogP contribution < -0.4 is 4.74 Å². The minimum absolute atomic E-state index is 0.114. The van der Waals surface area contributed by atoms with Gasteiger partial charge in [0.2, 0.25) is 0 Å². The number of allylic oxidation sites excluding steroid dienone is 6. The molecule has 2 nitrogen and oxygen atoms in total. The van der Waals surface area contributed by atoms with Gasteiger partial charge in [-0.3, -0.25) is 4.98 Å². The molecule has 0 saturated heterocycles. The molecule has 2 aromatic carbocycles. The van der Waals surface area contributed by atoms with Gasteiger partial charge in [0, 0.05) is 29.1 Å². The number of nitrogens with zero attached hydrogens (tertiary/aromatic N) is 1. The van der Waals surface area contributed by atoms with Crippen LogP contribution >= 0.6 is 11.6 Å². The van der Waals surface area contributed by atoms with Gasteiger partial charge in [0.25, 0.3) is 0 Å². The molecular weight excluding hydrogens is 392 g/mol. The van der Waals surface area contributed by atoms with E-state index in [1.165, 1.54) is 6.07 Å². The van der Waals surface area contributed by atoms with Crippen LogP contribution in [0.4, 0.5) is 8.78 Å². The third-order valence-corrected chi connectivity index (χ3v) is 5.24. The van der Waals surface area contributed by atoms with Crippen molar-refractivity contribution in [1.29, 1.82) is 0 Å². The number of benzene rings is 2. The fraction of sp³-hybridized carbons (Fsp3) is 0.125. The summed E-state index contributed by atoms with van der Waals surface area (Å²) in [6.45, 7) is 1.80. The summed E-state index contributed by atoms with van der Waals surface area (Å²) < 4.78 is 33.6. The molecule has 0 amide bonds. The molecule has 3 aromatic rings. The van der Waals surface area contributed by atoms with Crippen molar-refractivity contribution in [3.63, 3.8) is 0 Å². The van der Waals surface area contributed by atoms with Crippen molar-refractivity contribution in [1.82, 2.24) is 4.98 Å². The number of hydrogen-bond donors (Lipinski definition) is 0. The number of methoxy groups -OCH3 is 1. The highest BCUT2D eigenvalue weighted by Crippen LogP contribution is 2.35. The molecule has 146 valence electrons. The third-order valence-electron chi connectivity index (χ3n) is 4.95. The molecule has 0 spiro atoms. The average molecular weight is 410 g/mol. The number of fused-ring (bicyclic) bond motifs is 1. The quantitative estimate of drug-likeness (QED) is 0.199. The van der Waals surface area contributed by atoms with E-state index in [0.29, 0.717) is 17.2 Å². The van der Waals surface area contributed by atoms with Crippen LogP contribution in [0.1, 0.15) is 18.1 Å². The monoisotopic (exact) mass is 409 g/mol. The number of aromatic nitrogens is 1. The summed E-state index contributed by atoms with van der Waals surface area (Å²) in [5.74, 6) is -0.421. The molecule has 1 aliphatic rings. The summed E-state index contributed by atoms with van der Waals surface area (Å²) in [7, 11) is 1.61. The molecule has 0 radical (unpaired) electrons. The van der Waals surface area contributed by atoms with Crippen LogP contribution in [0.25, 0.3) is 22.0 Å². The Morgan fingerprint density at radius 1 is 1.10 bits per heavy atom. The molecule has 0 atom stereocenters. The smallest absolute Gasteiger partial charge is 0.144 e. The Hall–Kier alpha value is -2.98. The van der Waals surface area contributed by atoms with E-state index in [4.69, 9.17) is 16.3 Å². The van der Waals surface area contributed by atoms with Crippen LogP contribution in [0.2, 0.25) is 5.02 Å². The molecule has 0 unspecified atom stereocenters. The third kappa shape index (κ3) is 3.94. The van der Waals surface area contributed by atoms with Crippen molar-refractivity contribution in [2.75, 3.05) is 7.11 Å². The molecule has 0 aliphatic heterocycles. The van der Waals surface area contributed by atoms with Crippen LogP contribution in [-0.4, -0.2) is 12.1 Å². The summed E-state index contributed by atoms with van der Waals surface area (Å²) in [4.78, 5) is 4.37. The predicted molar refractivity (Wildman–Crippen MR) is 114 cm³/mol. The maximum Gasteiger partial charge on any atom is 0.144 e. The summed E-state index contributed by atoms with van der Waals surface area (Å²) in [6, 6.07) is 9.74. The highest BCUT2D eigenvalue weighted by Gasteiger charge is 2.15. The SMILES string of the molecule is COc1ccnc2ccc(C(/C=C\C3C=C3)=C(/C)c3cc(Cl)c(F)cc3F)cc12. The van der Waals surface area contributed by atoms with Crippen LogP contribution in [0, 0.1) is 17.6 Å². The standard InChI is InChI=1S/C24H18ClF2NO/c1-14(18-12-20(25)22(27)13-21(18)26)17(7-5-15-3-4-15)16-6-8-23-19(11-16)24(29-2)9-10-28-23/h3-13,15H,1-2H3/b7-5-,17-14-. The van der Waals surface area contributed by atoms with Gasteiger partial charge in [-0.05, 0) is 47.9 Å². The number of ether oxygens (including phenoxy) is 1. The molecule has 5 heteroatoms. The lowest BCUT2D eigenvalue weighted by Gasteiger charge is -2.13. The fourth-order valence-corrected chi connectivity index (χ4v) is 3.42. The Balaban J connectivity index is 1.91. The second-order valence-electron chi connectivity index (χ2n) is 6.85. The first-order valence-electron chi connectivity index (χ1n) is 9.13. The average Bonchev–Trinajstić information content (AvgIpc) is 3.54. The lowest BCUT2D eigenvalue weighted by Crippen LogP contribution is -1.95. The minimum Gasteiger partial charge on any atom is -0.496 e.